The van der Waals surface area contributed by atoms with Gasteiger partial charge in [0.25, 0.3) is 11.4 Å². The highest BCUT2D eigenvalue weighted by atomic mass is 19.4. The molecule has 10 heteroatoms. The lowest BCUT2D eigenvalue weighted by atomic mass is 9.85. The number of rotatable bonds is 4. The summed E-state index contributed by atoms with van der Waals surface area (Å²) in [4.78, 5) is 19.6. The summed E-state index contributed by atoms with van der Waals surface area (Å²) in [5.41, 5.74) is -5.63. The van der Waals surface area contributed by atoms with Gasteiger partial charge in [-0.25, -0.2) is 0 Å². The lowest BCUT2D eigenvalue weighted by Crippen LogP contribution is -2.43. The minimum absolute atomic E-state index is 0.438. The van der Waals surface area contributed by atoms with Gasteiger partial charge in [-0.2, -0.15) is 13.2 Å². The Morgan fingerprint density at radius 1 is 0.750 bits per heavy atom. The first-order chi connectivity index (χ1) is 11.1. The maximum Gasteiger partial charge on any atom is 0.425 e. The van der Waals surface area contributed by atoms with Crippen molar-refractivity contribution in [1.29, 1.82) is 0 Å². The lowest BCUT2D eigenvalue weighted by Gasteiger charge is -2.31. The Morgan fingerprint density at radius 3 is 1.25 bits per heavy atom. The Bertz CT molecular complexity index is 715. The molecule has 2 aromatic rings. The molecule has 126 valence electrons. The fourth-order valence-corrected chi connectivity index (χ4v) is 2.14. The van der Waals surface area contributed by atoms with Gasteiger partial charge < -0.3 is 5.11 Å². The Kier molecular flexibility index (Phi) is 4.26. The zero-order chi connectivity index (χ0) is 18.1. The summed E-state index contributed by atoms with van der Waals surface area (Å²) in [6, 6.07) is 6.46. The predicted octanol–water partition coefficient (Wildman–Crippen LogP) is 3.30. The van der Waals surface area contributed by atoms with Gasteiger partial charge in [-0.3, -0.25) is 20.2 Å². The third-order valence-electron chi connectivity index (χ3n) is 3.40. The maximum atomic E-state index is 13.5. The van der Waals surface area contributed by atoms with Crippen LogP contribution in [0, 0.1) is 20.2 Å². The maximum absolute atomic E-state index is 13.5. The van der Waals surface area contributed by atoms with E-state index in [4.69, 9.17) is 0 Å². The van der Waals surface area contributed by atoms with E-state index in [9.17, 15) is 38.5 Å². The molecule has 2 rings (SSSR count). The van der Waals surface area contributed by atoms with Crippen LogP contribution in [0.15, 0.2) is 48.5 Å². The molecule has 0 aliphatic heterocycles. The number of aliphatic hydroxyl groups is 1. The standard InChI is InChI=1S/C14H9F3N2O5/c15-14(16,17)13(20,9-1-5-11(6-2-9)18(21)22)10-3-7-12(8-4-10)19(23)24/h1-8,20H. The average Bonchev–Trinajstić information content (AvgIpc) is 2.53. The van der Waals surface area contributed by atoms with E-state index >= 15 is 0 Å². The van der Waals surface area contributed by atoms with E-state index in [1.54, 1.807) is 0 Å². The summed E-state index contributed by atoms with van der Waals surface area (Å²) in [6.45, 7) is 0. The Morgan fingerprint density at radius 2 is 1.04 bits per heavy atom. The van der Waals surface area contributed by atoms with Gasteiger partial charge in [0.2, 0.25) is 5.60 Å². The Hall–Kier alpha value is -3.01. The zero-order valence-corrected chi connectivity index (χ0v) is 11.7. The van der Waals surface area contributed by atoms with Gasteiger partial charge in [0.1, 0.15) is 0 Å². The Balaban J connectivity index is 2.58. The van der Waals surface area contributed by atoms with Gasteiger partial charge in [-0.15, -0.1) is 0 Å². The van der Waals surface area contributed by atoms with Crippen LogP contribution in [0.5, 0.6) is 0 Å². The summed E-state index contributed by atoms with van der Waals surface area (Å²) < 4.78 is 40.4. The smallest absolute Gasteiger partial charge is 0.372 e. The molecule has 0 saturated carbocycles. The largest absolute Gasteiger partial charge is 0.425 e. The monoisotopic (exact) mass is 342 g/mol. The summed E-state index contributed by atoms with van der Waals surface area (Å²) >= 11 is 0. The molecule has 0 atom stereocenters. The van der Waals surface area contributed by atoms with Crippen LogP contribution < -0.4 is 0 Å². The van der Waals surface area contributed by atoms with E-state index in [1.807, 2.05) is 0 Å². The quantitative estimate of drug-likeness (QED) is 0.678. The normalized spacial score (nSPS) is 12.0. The van der Waals surface area contributed by atoms with Crippen molar-refractivity contribution in [2.45, 2.75) is 11.8 Å². The van der Waals surface area contributed by atoms with Gasteiger partial charge in [0, 0.05) is 24.3 Å². The van der Waals surface area contributed by atoms with Crippen molar-refractivity contribution in [3.05, 3.63) is 79.9 Å². The third kappa shape index (κ3) is 2.91. The van der Waals surface area contributed by atoms with Crippen molar-refractivity contribution < 1.29 is 28.1 Å². The molecule has 0 aliphatic rings. The highest BCUT2D eigenvalue weighted by Gasteiger charge is 2.56. The Labute approximate surface area is 132 Å². The number of hydrogen-bond acceptors (Lipinski definition) is 5. The van der Waals surface area contributed by atoms with Crippen LogP contribution in [-0.4, -0.2) is 21.1 Å². The van der Waals surface area contributed by atoms with Crippen molar-refractivity contribution >= 4 is 11.4 Å². The van der Waals surface area contributed by atoms with Crippen LogP contribution in [0.2, 0.25) is 0 Å². The van der Waals surface area contributed by atoms with Gasteiger partial charge in [-0.1, -0.05) is 0 Å². The van der Waals surface area contributed by atoms with E-state index in [0.29, 0.717) is 0 Å². The molecule has 0 aromatic heterocycles. The molecular formula is C14H9F3N2O5. The molecule has 7 nitrogen and oxygen atoms in total. The summed E-state index contributed by atoms with van der Waals surface area (Å²) in [6.07, 6.45) is -5.15. The van der Waals surface area contributed by atoms with Crippen molar-refractivity contribution in [2.24, 2.45) is 0 Å². The SMILES string of the molecule is O=[N+]([O-])c1ccc(C(O)(c2ccc([N+](=O)[O-])cc2)C(F)(F)F)cc1. The molecule has 0 amide bonds. The number of nitro groups is 2. The van der Waals surface area contributed by atoms with Gasteiger partial charge >= 0.3 is 6.18 Å². The number of benzene rings is 2. The fourth-order valence-electron chi connectivity index (χ4n) is 2.14. The van der Waals surface area contributed by atoms with Crippen molar-refractivity contribution in [3.8, 4) is 0 Å². The number of non-ortho nitro benzene ring substituents is 2. The molecule has 1 N–H and O–H groups in total. The van der Waals surface area contributed by atoms with Crippen LogP contribution in [0.3, 0.4) is 0 Å². The third-order valence-corrected chi connectivity index (χ3v) is 3.40. The topological polar surface area (TPSA) is 107 Å². The second kappa shape index (κ2) is 5.89. The van der Waals surface area contributed by atoms with E-state index in [0.717, 1.165) is 48.5 Å². The van der Waals surface area contributed by atoms with Crippen molar-refractivity contribution in [2.75, 3.05) is 0 Å². The molecule has 0 fully saturated rings. The lowest BCUT2D eigenvalue weighted by molar-refractivity contribution is -0.385. The second-order valence-corrected chi connectivity index (χ2v) is 4.82. The molecule has 24 heavy (non-hydrogen) atoms. The molecule has 0 radical (unpaired) electrons. The molecule has 0 heterocycles. The van der Waals surface area contributed by atoms with Crippen molar-refractivity contribution in [3.63, 3.8) is 0 Å². The van der Waals surface area contributed by atoms with Gasteiger partial charge in [0.05, 0.1) is 9.85 Å². The highest BCUT2D eigenvalue weighted by Crippen LogP contribution is 2.44. The fraction of sp³-hybridized carbons (Fsp3) is 0.143. The molecule has 0 bridgehead atoms. The van der Waals surface area contributed by atoms with Crippen LogP contribution in [0.4, 0.5) is 24.5 Å². The summed E-state index contributed by atoms with van der Waals surface area (Å²) in [5.74, 6) is 0. The molecular weight excluding hydrogens is 333 g/mol. The average molecular weight is 342 g/mol. The van der Waals surface area contributed by atoms with Crippen LogP contribution >= 0.6 is 0 Å². The van der Waals surface area contributed by atoms with E-state index < -0.39 is 44.1 Å². The second-order valence-electron chi connectivity index (χ2n) is 4.82. The summed E-state index contributed by atoms with van der Waals surface area (Å²) in [5, 5.41) is 31.5. The van der Waals surface area contributed by atoms with Crippen molar-refractivity contribution in [1.82, 2.24) is 0 Å². The number of hydrogen-bond donors (Lipinski definition) is 1. The summed E-state index contributed by atoms with van der Waals surface area (Å²) in [7, 11) is 0. The van der Waals surface area contributed by atoms with E-state index in [2.05, 4.69) is 0 Å². The number of nitro benzene ring substituents is 2. The van der Waals surface area contributed by atoms with Crippen LogP contribution in [0.1, 0.15) is 11.1 Å². The first-order valence-electron chi connectivity index (χ1n) is 6.36. The van der Waals surface area contributed by atoms with Gasteiger partial charge in [0.15, 0.2) is 0 Å². The first-order valence-corrected chi connectivity index (χ1v) is 6.36. The van der Waals surface area contributed by atoms with Gasteiger partial charge in [-0.05, 0) is 35.4 Å². The van der Waals surface area contributed by atoms with Crippen LogP contribution in [0.25, 0.3) is 0 Å². The van der Waals surface area contributed by atoms with E-state index in [1.165, 1.54) is 0 Å². The number of halogens is 3. The minimum atomic E-state index is -5.15. The first kappa shape index (κ1) is 17.3. The zero-order valence-electron chi connectivity index (χ0n) is 11.7. The molecule has 0 saturated heterocycles. The minimum Gasteiger partial charge on any atom is -0.372 e. The molecule has 0 aliphatic carbocycles. The molecule has 0 spiro atoms. The molecule has 0 unspecified atom stereocenters. The predicted molar refractivity (Wildman–Crippen MR) is 75.2 cm³/mol. The van der Waals surface area contributed by atoms with E-state index in [-0.39, 0.29) is 0 Å². The number of nitrogens with zero attached hydrogens (tertiary/aromatic N) is 2. The molecule has 2 aromatic carbocycles. The number of alkyl halides is 3. The van der Waals surface area contributed by atoms with Crippen LogP contribution in [-0.2, 0) is 5.60 Å². The highest BCUT2D eigenvalue weighted by molar-refractivity contribution is 5.44.